The molecule has 1 fully saturated rings. The molecule has 1 aromatic carbocycles. The van der Waals surface area contributed by atoms with Crippen LogP contribution in [0.1, 0.15) is 43.9 Å². The predicted molar refractivity (Wildman–Crippen MR) is 100 cm³/mol. The summed E-state index contributed by atoms with van der Waals surface area (Å²) in [6.07, 6.45) is 3.05. The molecule has 7 heteroatoms. The maximum absolute atomic E-state index is 13.8. The Hall–Kier alpha value is -1.63. The van der Waals surface area contributed by atoms with Crippen molar-refractivity contribution >= 4 is 15.8 Å². The first-order valence-corrected chi connectivity index (χ1v) is 10.7. The molecule has 0 spiro atoms. The first kappa shape index (κ1) is 19.7. The van der Waals surface area contributed by atoms with E-state index in [-0.39, 0.29) is 23.0 Å². The van der Waals surface area contributed by atoms with Crippen LogP contribution in [0.3, 0.4) is 0 Å². The number of nitrogens with zero attached hydrogens (tertiary/aromatic N) is 1. The molecular weight excluding hydrogens is 341 g/mol. The lowest BCUT2D eigenvalue weighted by molar-refractivity contribution is 0.548. The number of nitrogens with one attached hydrogen (secondary N) is 2. The van der Waals surface area contributed by atoms with Gasteiger partial charge in [0, 0.05) is 24.8 Å². The summed E-state index contributed by atoms with van der Waals surface area (Å²) >= 11 is 0. The molecule has 0 heterocycles. The summed E-state index contributed by atoms with van der Waals surface area (Å²) in [6, 6.07) is 5.07. The highest BCUT2D eigenvalue weighted by atomic mass is 32.2. The fourth-order valence-corrected chi connectivity index (χ4v) is 4.31. The molecule has 1 atom stereocenters. The number of rotatable bonds is 7. The first-order chi connectivity index (χ1) is 11.6. The minimum absolute atomic E-state index is 0.113. The van der Waals surface area contributed by atoms with Crippen LogP contribution < -0.4 is 10.6 Å². The van der Waals surface area contributed by atoms with E-state index in [9.17, 15) is 12.8 Å². The van der Waals surface area contributed by atoms with Crippen molar-refractivity contribution in [3.63, 3.8) is 0 Å². The number of benzene rings is 1. The zero-order valence-corrected chi connectivity index (χ0v) is 16.2. The van der Waals surface area contributed by atoms with E-state index in [2.05, 4.69) is 15.6 Å². The summed E-state index contributed by atoms with van der Waals surface area (Å²) in [5.74, 6) is 0.579. The molecule has 1 aliphatic rings. The van der Waals surface area contributed by atoms with Crippen LogP contribution >= 0.6 is 0 Å². The molecule has 0 radical (unpaired) electrons. The highest BCUT2D eigenvalue weighted by molar-refractivity contribution is 7.90. The summed E-state index contributed by atoms with van der Waals surface area (Å²) < 4.78 is 36.9. The molecule has 1 unspecified atom stereocenters. The van der Waals surface area contributed by atoms with Gasteiger partial charge in [-0.2, -0.15) is 0 Å². The fourth-order valence-electron chi connectivity index (χ4n) is 2.81. The van der Waals surface area contributed by atoms with Gasteiger partial charge >= 0.3 is 0 Å². The number of guanidine groups is 1. The zero-order valence-electron chi connectivity index (χ0n) is 15.4. The average molecular weight is 370 g/mol. The molecule has 0 aliphatic heterocycles. The molecule has 0 saturated heterocycles. The first-order valence-electron chi connectivity index (χ1n) is 8.63. The van der Waals surface area contributed by atoms with Crippen LogP contribution in [-0.2, 0) is 9.84 Å². The molecule has 1 aromatic rings. The summed E-state index contributed by atoms with van der Waals surface area (Å²) in [4.78, 5) is 4.57. The standard InChI is InChI=1S/C18H28FN3O2S/c1-5-20-17(21-11-18(8-9-18)12-25(4,23)24)22-14(3)15-7-6-13(2)16(19)10-15/h6-7,10,14H,5,8-9,11-12H2,1-4H3,(H2,20,21,22). The lowest BCUT2D eigenvalue weighted by Crippen LogP contribution is -2.39. The van der Waals surface area contributed by atoms with Gasteiger partial charge < -0.3 is 10.6 Å². The molecule has 0 amide bonds. The van der Waals surface area contributed by atoms with Crippen molar-refractivity contribution in [3.05, 3.63) is 35.1 Å². The maximum atomic E-state index is 13.8. The van der Waals surface area contributed by atoms with E-state index in [1.165, 1.54) is 12.3 Å². The summed E-state index contributed by atoms with van der Waals surface area (Å²) in [5.41, 5.74) is 1.24. The normalized spacial score (nSPS) is 17.9. The van der Waals surface area contributed by atoms with Gasteiger partial charge in [-0.1, -0.05) is 12.1 Å². The van der Waals surface area contributed by atoms with Crippen molar-refractivity contribution in [2.75, 3.05) is 25.1 Å². The van der Waals surface area contributed by atoms with Crippen LogP contribution in [0.5, 0.6) is 0 Å². The summed E-state index contributed by atoms with van der Waals surface area (Å²) in [6.45, 7) is 6.82. The second-order valence-corrected chi connectivity index (χ2v) is 9.28. The Morgan fingerprint density at radius 2 is 2.08 bits per heavy atom. The topological polar surface area (TPSA) is 70.6 Å². The van der Waals surface area contributed by atoms with Crippen molar-refractivity contribution < 1.29 is 12.8 Å². The van der Waals surface area contributed by atoms with Crippen LogP contribution in [0.25, 0.3) is 0 Å². The van der Waals surface area contributed by atoms with Gasteiger partial charge in [0.1, 0.15) is 15.7 Å². The zero-order chi connectivity index (χ0) is 18.7. The van der Waals surface area contributed by atoms with E-state index in [1.54, 1.807) is 13.0 Å². The number of aliphatic imine (C=N–C) groups is 1. The Labute approximate surface area is 150 Å². The molecule has 0 aromatic heterocycles. The third-order valence-electron chi connectivity index (χ3n) is 4.49. The molecule has 140 valence electrons. The smallest absolute Gasteiger partial charge is 0.191 e. The van der Waals surface area contributed by atoms with Crippen LogP contribution in [0.4, 0.5) is 4.39 Å². The van der Waals surface area contributed by atoms with Crippen LogP contribution in [0, 0.1) is 18.2 Å². The highest BCUT2D eigenvalue weighted by Crippen LogP contribution is 2.46. The predicted octanol–water partition coefficient (Wildman–Crippen LogP) is 2.58. The molecule has 5 nitrogen and oxygen atoms in total. The Morgan fingerprint density at radius 3 is 2.60 bits per heavy atom. The number of sulfone groups is 1. The molecule has 25 heavy (non-hydrogen) atoms. The third-order valence-corrected chi connectivity index (χ3v) is 5.63. The Balaban J connectivity index is 2.05. The quantitative estimate of drug-likeness (QED) is 0.572. The van der Waals surface area contributed by atoms with E-state index < -0.39 is 9.84 Å². The van der Waals surface area contributed by atoms with Crippen LogP contribution in [-0.4, -0.2) is 39.5 Å². The van der Waals surface area contributed by atoms with Crippen molar-refractivity contribution in [3.8, 4) is 0 Å². The average Bonchev–Trinajstić information content (AvgIpc) is 3.25. The van der Waals surface area contributed by atoms with Gasteiger partial charge in [-0.3, -0.25) is 4.99 Å². The largest absolute Gasteiger partial charge is 0.357 e. The van der Waals surface area contributed by atoms with Gasteiger partial charge in [0.2, 0.25) is 0 Å². The number of halogens is 1. The molecule has 2 rings (SSSR count). The lowest BCUT2D eigenvalue weighted by Gasteiger charge is -2.20. The summed E-state index contributed by atoms with van der Waals surface area (Å²) in [5, 5.41) is 6.43. The van der Waals surface area contributed by atoms with E-state index >= 15 is 0 Å². The van der Waals surface area contributed by atoms with Gasteiger partial charge in [0.05, 0.1) is 11.8 Å². The third kappa shape index (κ3) is 5.99. The van der Waals surface area contributed by atoms with Gasteiger partial charge in [0.25, 0.3) is 0 Å². The molecule has 0 bridgehead atoms. The van der Waals surface area contributed by atoms with Gasteiger partial charge in [-0.15, -0.1) is 0 Å². The molecule has 2 N–H and O–H groups in total. The summed E-state index contributed by atoms with van der Waals surface area (Å²) in [7, 11) is -3.01. The van der Waals surface area contributed by atoms with Crippen LogP contribution in [0.2, 0.25) is 0 Å². The Bertz CT molecular complexity index is 743. The van der Waals surface area contributed by atoms with E-state index in [1.807, 2.05) is 19.9 Å². The Kier molecular flexibility index (Phi) is 6.08. The molecule has 1 aliphatic carbocycles. The molecular formula is C18H28FN3O2S. The van der Waals surface area contributed by atoms with Gasteiger partial charge in [0.15, 0.2) is 5.96 Å². The second kappa shape index (κ2) is 7.72. The number of aryl methyl sites for hydroxylation is 1. The van der Waals surface area contributed by atoms with Crippen molar-refractivity contribution in [1.82, 2.24) is 10.6 Å². The van der Waals surface area contributed by atoms with Crippen molar-refractivity contribution in [2.45, 2.75) is 39.7 Å². The SMILES string of the molecule is CCNC(=NCC1(CS(C)(=O)=O)CC1)NC(C)c1ccc(C)c(F)c1. The van der Waals surface area contributed by atoms with Gasteiger partial charge in [-0.25, -0.2) is 12.8 Å². The van der Waals surface area contributed by atoms with Crippen LogP contribution in [0.15, 0.2) is 23.2 Å². The maximum Gasteiger partial charge on any atom is 0.191 e. The van der Waals surface area contributed by atoms with Gasteiger partial charge in [-0.05, 0) is 50.8 Å². The second-order valence-electron chi connectivity index (χ2n) is 7.14. The van der Waals surface area contributed by atoms with E-state index in [4.69, 9.17) is 0 Å². The van der Waals surface area contributed by atoms with E-state index in [0.717, 1.165) is 18.4 Å². The Morgan fingerprint density at radius 1 is 1.40 bits per heavy atom. The van der Waals surface area contributed by atoms with Crippen molar-refractivity contribution in [2.24, 2.45) is 10.4 Å². The van der Waals surface area contributed by atoms with E-state index in [0.29, 0.717) is 24.6 Å². The molecule has 1 saturated carbocycles. The minimum atomic E-state index is -3.01. The monoisotopic (exact) mass is 369 g/mol. The minimum Gasteiger partial charge on any atom is -0.357 e. The fraction of sp³-hybridized carbons (Fsp3) is 0.611. The number of hydrogen-bond donors (Lipinski definition) is 2. The lowest BCUT2D eigenvalue weighted by atomic mass is 10.1. The van der Waals surface area contributed by atoms with Crippen molar-refractivity contribution in [1.29, 1.82) is 0 Å². The number of hydrogen-bond acceptors (Lipinski definition) is 3. The highest BCUT2D eigenvalue weighted by Gasteiger charge is 2.45.